The van der Waals surface area contributed by atoms with Crippen molar-refractivity contribution in [3.05, 3.63) is 47.3 Å². The number of hydrogen-bond donors (Lipinski definition) is 1. The number of likely N-dealkylation sites (N-methyl/N-ethyl adjacent to an activating group) is 1. The largest absolute Gasteiger partial charge is 0.496 e. The number of para-hydroxylation sites is 1. The molecule has 0 bridgehead atoms. The van der Waals surface area contributed by atoms with Gasteiger partial charge < -0.3 is 15.0 Å². The SMILES string of the molecule is COc1ccccc1CNC(=O)c1cc2n(n1)C[C@@H](N(C)C)C2. The lowest BCUT2D eigenvalue weighted by Gasteiger charge is -2.17. The number of nitrogens with zero attached hydrogens (tertiary/aromatic N) is 3. The van der Waals surface area contributed by atoms with Gasteiger partial charge in [0.25, 0.3) is 5.91 Å². The average Bonchev–Trinajstić information content (AvgIpc) is 3.11. The molecular formula is C17H22N4O2. The third-order valence-corrected chi connectivity index (χ3v) is 4.29. The van der Waals surface area contributed by atoms with Crippen LogP contribution in [0.5, 0.6) is 5.75 Å². The lowest BCUT2D eigenvalue weighted by molar-refractivity contribution is 0.0944. The number of ether oxygens (including phenoxy) is 1. The van der Waals surface area contributed by atoms with Gasteiger partial charge >= 0.3 is 0 Å². The van der Waals surface area contributed by atoms with E-state index >= 15 is 0 Å². The van der Waals surface area contributed by atoms with Gasteiger partial charge in [-0.2, -0.15) is 5.10 Å². The van der Waals surface area contributed by atoms with Crippen molar-refractivity contribution in [3.8, 4) is 5.75 Å². The van der Waals surface area contributed by atoms with E-state index in [9.17, 15) is 4.79 Å². The summed E-state index contributed by atoms with van der Waals surface area (Å²) in [4.78, 5) is 14.5. The molecule has 0 radical (unpaired) electrons. The van der Waals surface area contributed by atoms with E-state index in [4.69, 9.17) is 4.74 Å². The van der Waals surface area contributed by atoms with E-state index in [-0.39, 0.29) is 5.91 Å². The first-order valence-corrected chi connectivity index (χ1v) is 7.71. The first kappa shape index (κ1) is 15.6. The minimum Gasteiger partial charge on any atom is -0.496 e. The number of rotatable bonds is 5. The Balaban J connectivity index is 1.63. The molecule has 0 spiro atoms. The monoisotopic (exact) mass is 314 g/mol. The van der Waals surface area contributed by atoms with Crippen molar-refractivity contribution >= 4 is 5.91 Å². The van der Waals surface area contributed by atoms with Crippen LogP contribution in [0.1, 0.15) is 21.7 Å². The molecule has 1 atom stereocenters. The van der Waals surface area contributed by atoms with Gasteiger partial charge in [0.05, 0.1) is 13.7 Å². The molecule has 6 nitrogen and oxygen atoms in total. The highest BCUT2D eigenvalue weighted by Gasteiger charge is 2.26. The molecule has 23 heavy (non-hydrogen) atoms. The number of aromatic nitrogens is 2. The summed E-state index contributed by atoms with van der Waals surface area (Å²) in [6, 6.07) is 10.0. The molecule has 0 fully saturated rings. The quantitative estimate of drug-likeness (QED) is 0.904. The normalized spacial score (nSPS) is 16.4. The molecule has 3 rings (SSSR count). The van der Waals surface area contributed by atoms with E-state index in [2.05, 4.69) is 29.4 Å². The first-order chi connectivity index (χ1) is 11.1. The molecule has 1 aromatic heterocycles. The minimum absolute atomic E-state index is 0.154. The summed E-state index contributed by atoms with van der Waals surface area (Å²) in [5.41, 5.74) is 2.54. The Hall–Kier alpha value is -2.34. The summed E-state index contributed by atoms with van der Waals surface area (Å²) in [6.07, 6.45) is 0.930. The van der Waals surface area contributed by atoms with Crippen LogP contribution in [0.3, 0.4) is 0 Å². The molecule has 0 unspecified atom stereocenters. The highest BCUT2D eigenvalue weighted by Crippen LogP contribution is 2.19. The van der Waals surface area contributed by atoms with Gasteiger partial charge in [0.2, 0.25) is 0 Å². The number of benzene rings is 1. The number of methoxy groups -OCH3 is 1. The Morgan fingerprint density at radius 3 is 2.91 bits per heavy atom. The lowest BCUT2D eigenvalue weighted by atomic mass is 10.2. The fourth-order valence-electron chi connectivity index (χ4n) is 2.86. The van der Waals surface area contributed by atoms with Crippen LogP contribution in [0.15, 0.2) is 30.3 Å². The third-order valence-electron chi connectivity index (χ3n) is 4.29. The summed E-state index contributed by atoms with van der Waals surface area (Å²) >= 11 is 0. The van der Waals surface area contributed by atoms with Crippen LogP contribution in [-0.2, 0) is 19.5 Å². The Kier molecular flexibility index (Phi) is 4.34. The molecule has 1 aliphatic rings. The predicted octanol–water partition coefficient (Wildman–Crippen LogP) is 1.31. The van der Waals surface area contributed by atoms with Crippen molar-refractivity contribution in [3.63, 3.8) is 0 Å². The van der Waals surface area contributed by atoms with Crippen molar-refractivity contribution in [1.82, 2.24) is 20.0 Å². The van der Waals surface area contributed by atoms with Crippen molar-refractivity contribution in [1.29, 1.82) is 0 Å². The number of amides is 1. The summed E-state index contributed by atoms with van der Waals surface area (Å²) in [5.74, 6) is 0.619. The first-order valence-electron chi connectivity index (χ1n) is 7.71. The van der Waals surface area contributed by atoms with Gasteiger partial charge in [-0.15, -0.1) is 0 Å². The molecule has 0 saturated heterocycles. The van der Waals surface area contributed by atoms with Gasteiger partial charge in [0.1, 0.15) is 11.4 Å². The molecule has 0 saturated carbocycles. The second-order valence-electron chi connectivity index (χ2n) is 6.02. The average molecular weight is 314 g/mol. The highest BCUT2D eigenvalue weighted by atomic mass is 16.5. The Morgan fingerprint density at radius 2 is 2.22 bits per heavy atom. The number of fused-ring (bicyclic) bond motifs is 1. The predicted molar refractivity (Wildman–Crippen MR) is 87.6 cm³/mol. The standard InChI is InChI=1S/C17H22N4O2/c1-20(2)14-8-13-9-15(19-21(13)11-14)17(22)18-10-12-6-4-5-7-16(12)23-3/h4-7,9,14H,8,10-11H2,1-3H3,(H,18,22)/t14-/m0/s1. The lowest BCUT2D eigenvalue weighted by Crippen LogP contribution is -2.29. The maximum atomic E-state index is 12.3. The van der Waals surface area contributed by atoms with Crippen molar-refractivity contribution in [2.24, 2.45) is 0 Å². The maximum Gasteiger partial charge on any atom is 0.272 e. The zero-order valence-electron chi connectivity index (χ0n) is 13.7. The molecule has 1 N–H and O–H groups in total. The van der Waals surface area contributed by atoms with Crippen LogP contribution < -0.4 is 10.1 Å². The van der Waals surface area contributed by atoms with Crippen molar-refractivity contribution in [2.75, 3.05) is 21.2 Å². The number of carbonyl (C=O) groups is 1. The number of nitrogens with one attached hydrogen (secondary N) is 1. The van der Waals surface area contributed by atoms with E-state index in [1.54, 1.807) is 7.11 Å². The van der Waals surface area contributed by atoms with E-state index < -0.39 is 0 Å². The summed E-state index contributed by atoms with van der Waals surface area (Å²) in [6.45, 7) is 1.26. The molecule has 2 heterocycles. The molecule has 6 heteroatoms. The van der Waals surface area contributed by atoms with E-state index in [0.717, 1.165) is 30.0 Å². The molecule has 1 aromatic carbocycles. The third kappa shape index (κ3) is 3.22. The fourth-order valence-corrected chi connectivity index (χ4v) is 2.86. The zero-order chi connectivity index (χ0) is 16.4. The van der Waals surface area contributed by atoms with Gasteiger partial charge in [0.15, 0.2) is 0 Å². The Morgan fingerprint density at radius 1 is 1.43 bits per heavy atom. The molecule has 0 aliphatic carbocycles. The molecule has 122 valence electrons. The van der Waals surface area contributed by atoms with Crippen LogP contribution in [0.25, 0.3) is 0 Å². The van der Waals surface area contributed by atoms with Crippen LogP contribution in [0.2, 0.25) is 0 Å². The highest BCUT2D eigenvalue weighted by molar-refractivity contribution is 5.92. The maximum absolute atomic E-state index is 12.3. The van der Waals surface area contributed by atoms with Gasteiger partial charge in [-0.1, -0.05) is 18.2 Å². The van der Waals surface area contributed by atoms with E-state index in [0.29, 0.717) is 18.3 Å². The van der Waals surface area contributed by atoms with Crippen molar-refractivity contribution in [2.45, 2.75) is 25.6 Å². The van der Waals surface area contributed by atoms with Crippen LogP contribution >= 0.6 is 0 Å². The topological polar surface area (TPSA) is 59.4 Å². The molecule has 1 amide bonds. The van der Waals surface area contributed by atoms with Gasteiger partial charge in [-0.3, -0.25) is 9.48 Å². The van der Waals surface area contributed by atoms with Crippen LogP contribution in [0, 0.1) is 0 Å². The van der Waals surface area contributed by atoms with E-state index in [1.807, 2.05) is 35.0 Å². The molecule has 1 aliphatic heterocycles. The second-order valence-corrected chi connectivity index (χ2v) is 6.02. The van der Waals surface area contributed by atoms with Gasteiger partial charge in [0, 0.05) is 30.3 Å². The van der Waals surface area contributed by atoms with Crippen LogP contribution in [-0.4, -0.2) is 47.8 Å². The van der Waals surface area contributed by atoms with Crippen LogP contribution in [0.4, 0.5) is 0 Å². The van der Waals surface area contributed by atoms with E-state index in [1.165, 1.54) is 0 Å². The zero-order valence-corrected chi connectivity index (χ0v) is 13.7. The smallest absolute Gasteiger partial charge is 0.272 e. The number of hydrogen-bond acceptors (Lipinski definition) is 4. The summed E-state index contributed by atoms with van der Waals surface area (Å²) < 4.78 is 7.22. The fraction of sp³-hybridized carbons (Fsp3) is 0.412. The molecular weight excluding hydrogens is 292 g/mol. The van der Waals surface area contributed by atoms with Gasteiger partial charge in [-0.05, 0) is 26.2 Å². The Labute approximate surface area is 136 Å². The minimum atomic E-state index is -0.154. The van der Waals surface area contributed by atoms with Gasteiger partial charge in [-0.25, -0.2) is 0 Å². The summed E-state index contributed by atoms with van der Waals surface area (Å²) in [7, 11) is 5.76. The second kappa shape index (κ2) is 6.42. The molecule has 2 aromatic rings. The Bertz CT molecular complexity index is 685. The summed E-state index contributed by atoms with van der Waals surface area (Å²) in [5, 5.41) is 7.33. The number of carbonyl (C=O) groups excluding carboxylic acids is 1. The van der Waals surface area contributed by atoms with Crippen molar-refractivity contribution < 1.29 is 9.53 Å².